The topological polar surface area (TPSA) is 98.5 Å². The van der Waals surface area contributed by atoms with Gasteiger partial charge in [-0.2, -0.15) is 0 Å². The summed E-state index contributed by atoms with van der Waals surface area (Å²) in [5, 5.41) is 13.5. The molecule has 2 atom stereocenters. The third-order valence-corrected chi connectivity index (χ3v) is 4.50. The van der Waals surface area contributed by atoms with Crippen LogP contribution in [0.15, 0.2) is 59.5 Å². The van der Waals surface area contributed by atoms with Gasteiger partial charge in [0.15, 0.2) is 0 Å². The Labute approximate surface area is 154 Å². The molecule has 7 nitrogen and oxygen atoms in total. The minimum atomic E-state index is -1.10. The van der Waals surface area contributed by atoms with E-state index in [1.165, 1.54) is 31.2 Å². The van der Waals surface area contributed by atoms with E-state index >= 15 is 0 Å². The van der Waals surface area contributed by atoms with Gasteiger partial charge < -0.3 is 10.1 Å². The molecule has 0 bridgehead atoms. The van der Waals surface area contributed by atoms with Gasteiger partial charge in [0.1, 0.15) is 0 Å². The lowest BCUT2D eigenvalue weighted by Crippen LogP contribution is -2.36. The number of carbonyl (C=O) groups is 2. The number of nitrogens with zero attached hydrogens (tertiary/aromatic N) is 1. The average Bonchev–Trinajstić information content (AvgIpc) is 2.62. The lowest BCUT2D eigenvalue weighted by Gasteiger charge is -2.20. The molecule has 0 heterocycles. The molecule has 0 aromatic heterocycles. The molecular weight excluding hydrogens is 356 g/mol. The first kappa shape index (κ1) is 19.5. The van der Waals surface area contributed by atoms with E-state index in [1.54, 1.807) is 0 Å². The molecule has 8 heteroatoms. The van der Waals surface area contributed by atoms with E-state index in [2.05, 4.69) is 5.32 Å². The summed E-state index contributed by atoms with van der Waals surface area (Å²) in [6.45, 7) is 3.05. The van der Waals surface area contributed by atoms with Crippen molar-refractivity contribution in [2.24, 2.45) is 0 Å². The highest BCUT2D eigenvalue weighted by Gasteiger charge is 2.25. The van der Waals surface area contributed by atoms with E-state index in [0.29, 0.717) is 4.90 Å². The number of non-ortho nitro benzene ring substituents is 1. The molecule has 26 heavy (non-hydrogen) atoms. The average molecular weight is 374 g/mol. The second kappa shape index (κ2) is 9.00. The second-order valence-corrected chi connectivity index (χ2v) is 6.59. The summed E-state index contributed by atoms with van der Waals surface area (Å²) in [6, 6.07) is 14.8. The fourth-order valence-electron chi connectivity index (χ4n) is 2.16. The van der Waals surface area contributed by atoms with Gasteiger partial charge in [0.25, 0.3) is 11.6 Å². The van der Waals surface area contributed by atoms with Crippen LogP contribution in [-0.4, -0.2) is 22.2 Å². The van der Waals surface area contributed by atoms with Crippen molar-refractivity contribution in [3.8, 4) is 0 Å². The fourth-order valence-corrected chi connectivity index (χ4v) is 3.06. The Morgan fingerprint density at radius 3 is 2.27 bits per heavy atom. The van der Waals surface area contributed by atoms with E-state index in [1.807, 2.05) is 37.3 Å². The maximum Gasteiger partial charge on any atom is 0.304 e. The first-order chi connectivity index (χ1) is 12.4. The first-order valence-corrected chi connectivity index (χ1v) is 8.68. The molecule has 2 aromatic carbocycles. The van der Waals surface area contributed by atoms with Crippen LogP contribution in [-0.2, 0) is 14.3 Å². The Kier molecular flexibility index (Phi) is 6.74. The van der Waals surface area contributed by atoms with Crippen molar-refractivity contribution in [1.82, 2.24) is 5.32 Å². The number of nitro benzene ring substituents is 1. The Balaban J connectivity index is 2.09. The Morgan fingerprint density at radius 1 is 1.12 bits per heavy atom. The summed E-state index contributed by atoms with van der Waals surface area (Å²) in [5.74, 6) is -1.05. The number of carbonyl (C=O) groups excluding carboxylic acids is 2. The highest BCUT2D eigenvalue weighted by atomic mass is 32.2. The molecule has 0 saturated heterocycles. The van der Waals surface area contributed by atoms with E-state index in [-0.39, 0.29) is 11.7 Å². The normalized spacial score (nSPS) is 12.7. The van der Waals surface area contributed by atoms with Crippen molar-refractivity contribution in [2.45, 2.75) is 30.2 Å². The van der Waals surface area contributed by atoms with E-state index in [9.17, 15) is 19.7 Å². The minimum Gasteiger partial charge on any atom is -0.441 e. The summed E-state index contributed by atoms with van der Waals surface area (Å²) >= 11 is 1.01. The summed E-state index contributed by atoms with van der Waals surface area (Å²) < 4.78 is 5.11. The van der Waals surface area contributed by atoms with Crippen LogP contribution in [0.4, 0.5) is 5.69 Å². The number of nitrogens with one attached hydrogen (secondary N) is 1. The number of rotatable bonds is 7. The number of ether oxygens (including phenoxy) is 1. The number of benzene rings is 2. The molecule has 0 fully saturated rings. The number of hydrogen-bond donors (Lipinski definition) is 1. The molecule has 0 unspecified atom stereocenters. The van der Waals surface area contributed by atoms with Crippen LogP contribution in [0.3, 0.4) is 0 Å². The molecule has 0 spiro atoms. The third-order valence-electron chi connectivity index (χ3n) is 3.44. The fraction of sp³-hybridized carbons (Fsp3) is 0.222. The Bertz CT molecular complexity index is 780. The van der Waals surface area contributed by atoms with Gasteiger partial charge in [-0.25, -0.2) is 0 Å². The number of thioether (sulfide) groups is 1. The van der Waals surface area contributed by atoms with Gasteiger partial charge in [0.2, 0.25) is 5.44 Å². The van der Waals surface area contributed by atoms with Crippen LogP contribution < -0.4 is 5.32 Å². The molecule has 1 N–H and O–H groups in total. The van der Waals surface area contributed by atoms with Gasteiger partial charge in [0.05, 0.1) is 11.0 Å². The standard InChI is InChI=1S/C18H18N2O5S/c1-12(14-6-4-3-5-7-14)19-17(22)18(25-13(2)21)26-16-10-8-15(9-11-16)20(23)24/h3-12,18H,1-2H3,(H,19,22)/t12-,18-/m0/s1. The number of esters is 1. The molecule has 1 amide bonds. The first-order valence-electron chi connectivity index (χ1n) is 7.80. The zero-order valence-corrected chi connectivity index (χ0v) is 15.1. The summed E-state index contributed by atoms with van der Waals surface area (Å²) in [5.41, 5.74) is -0.233. The maximum atomic E-state index is 12.5. The van der Waals surface area contributed by atoms with Crippen LogP contribution in [0.2, 0.25) is 0 Å². The van der Waals surface area contributed by atoms with Crippen LogP contribution in [0, 0.1) is 10.1 Å². The van der Waals surface area contributed by atoms with Crippen molar-refractivity contribution in [2.75, 3.05) is 0 Å². The molecule has 0 aliphatic carbocycles. The molecule has 0 radical (unpaired) electrons. The summed E-state index contributed by atoms with van der Waals surface area (Å²) in [7, 11) is 0. The molecular formula is C18H18N2O5S. The molecule has 136 valence electrons. The number of hydrogen-bond acceptors (Lipinski definition) is 6. The molecule has 0 aliphatic rings. The van der Waals surface area contributed by atoms with Gasteiger partial charge in [0, 0.05) is 24.0 Å². The smallest absolute Gasteiger partial charge is 0.304 e. The Hall–Kier alpha value is -2.87. The van der Waals surface area contributed by atoms with Gasteiger partial charge >= 0.3 is 5.97 Å². The zero-order valence-electron chi connectivity index (χ0n) is 14.2. The predicted molar refractivity (Wildman–Crippen MR) is 97.5 cm³/mol. The molecule has 2 aromatic rings. The molecule has 0 aliphatic heterocycles. The van der Waals surface area contributed by atoms with Crippen LogP contribution in [0.1, 0.15) is 25.5 Å². The van der Waals surface area contributed by atoms with Crippen LogP contribution in [0.25, 0.3) is 0 Å². The van der Waals surface area contributed by atoms with E-state index in [0.717, 1.165) is 17.3 Å². The van der Waals surface area contributed by atoms with Crippen molar-refractivity contribution < 1.29 is 19.2 Å². The second-order valence-electron chi connectivity index (χ2n) is 5.45. The van der Waals surface area contributed by atoms with Gasteiger partial charge in [-0.3, -0.25) is 19.7 Å². The van der Waals surface area contributed by atoms with Gasteiger partial charge in [-0.05, 0) is 24.6 Å². The van der Waals surface area contributed by atoms with Crippen molar-refractivity contribution in [1.29, 1.82) is 0 Å². The lowest BCUT2D eigenvalue weighted by molar-refractivity contribution is -0.384. The van der Waals surface area contributed by atoms with Crippen molar-refractivity contribution >= 4 is 29.3 Å². The number of amides is 1. The highest BCUT2D eigenvalue weighted by molar-refractivity contribution is 8.00. The monoisotopic (exact) mass is 374 g/mol. The Morgan fingerprint density at radius 2 is 1.73 bits per heavy atom. The van der Waals surface area contributed by atoms with Gasteiger partial charge in [-0.1, -0.05) is 42.1 Å². The molecule has 2 rings (SSSR count). The lowest BCUT2D eigenvalue weighted by atomic mass is 10.1. The van der Waals surface area contributed by atoms with Gasteiger partial charge in [-0.15, -0.1) is 0 Å². The summed E-state index contributed by atoms with van der Waals surface area (Å²) in [4.78, 5) is 34.6. The number of nitro groups is 1. The van der Waals surface area contributed by atoms with Crippen LogP contribution >= 0.6 is 11.8 Å². The zero-order chi connectivity index (χ0) is 19.1. The maximum absolute atomic E-state index is 12.5. The third kappa shape index (κ3) is 5.59. The van der Waals surface area contributed by atoms with E-state index in [4.69, 9.17) is 4.74 Å². The largest absolute Gasteiger partial charge is 0.441 e. The van der Waals surface area contributed by atoms with Crippen molar-refractivity contribution in [3.05, 3.63) is 70.3 Å². The molecule has 0 saturated carbocycles. The summed E-state index contributed by atoms with van der Waals surface area (Å²) in [6.07, 6.45) is 0. The van der Waals surface area contributed by atoms with Crippen molar-refractivity contribution in [3.63, 3.8) is 0 Å². The van der Waals surface area contributed by atoms with E-state index < -0.39 is 22.2 Å². The SMILES string of the molecule is CC(=O)O[C@@H](Sc1ccc([N+](=O)[O-])cc1)C(=O)N[C@@H](C)c1ccccc1. The highest BCUT2D eigenvalue weighted by Crippen LogP contribution is 2.27. The minimum absolute atomic E-state index is 0.0551. The van der Waals surface area contributed by atoms with Crippen LogP contribution in [0.5, 0.6) is 0 Å². The quantitative estimate of drug-likeness (QED) is 0.262. The predicted octanol–water partition coefficient (Wildman–Crippen LogP) is 3.45.